The summed E-state index contributed by atoms with van der Waals surface area (Å²) in [4.78, 5) is 14.8. The molecular formula is C21H29NO3. The summed E-state index contributed by atoms with van der Waals surface area (Å²) >= 11 is 0. The summed E-state index contributed by atoms with van der Waals surface area (Å²) in [6.07, 6.45) is 6.50. The fourth-order valence-corrected chi connectivity index (χ4v) is 5.54. The monoisotopic (exact) mass is 343 g/mol. The van der Waals surface area contributed by atoms with Crippen LogP contribution in [0, 0.1) is 5.92 Å². The Bertz CT molecular complexity index is 693. The maximum Gasteiger partial charge on any atom is 0.410 e. The third kappa shape index (κ3) is 2.70. The number of carbonyl (C=O) groups is 1. The van der Waals surface area contributed by atoms with E-state index in [4.69, 9.17) is 4.74 Å². The van der Waals surface area contributed by atoms with Gasteiger partial charge in [0.15, 0.2) is 0 Å². The normalized spacial score (nSPS) is 31.1. The number of phenols is 1. The topological polar surface area (TPSA) is 49.8 Å². The van der Waals surface area contributed by atoms with Crippen LogP contribution in [-0.4, -0.2) is 34.3 Å². The Morgan fingerprint density at radius 1 is 1.28 bits per heavy atom. The Balaban J connectivity index is 1.73. The highest BCUT2D eigenvalue weighted by Crippen LogP contribution is 2.56. The van der Waals surface area contributed by atoms with Gasteiger partial charge >= 0.3 is 6.09 Å². The van der Waals surface area contributed by atoms with E-state index in [-0.39, 0.29) is 17.6 Å². The summed E-state index contributed by atoms with van der Waals surface area (Å²) < 4.78 is 5.70. The molecule has 1 heterocycles. The van der Waals surface area contributed by atoms with Crippen LogP contribution >= 0.6 is 0 Å². The van der Waals surface area contributed by atoms with Gasteiger partial charge in [0.05, 0.1) is 0 Å². The number of benzene rings is 1. The van der Waals surface area contributed by atoms with Crippen LogP contribution in [0.5, 0.6) is 5.75 Å². The molecule has 1 aromatic rings. The van der Waals surface area contributed by atoms with Crippen molar-refractivity contribution in [1.82, 2.24) is 4.90 Å². The second kappa shape index (κ2) is 5.65. The second-order valence-corrected chi connectivity index (χ2v) is 9.05. The molecule has 1 saturated heterocycles. The highest BCUT2D eigenvalue weighted by molar-refractivity contribution is 5.69. The number of fused-ring (bicyclic) bond motifs is 1. The van der Waals surface area contributed by atoms with Gasteiger partial charge in [0, 0.05) is 18.0 Å². The molecule has 4 nitrogen and oxygen atoms in total. The number of aromatic hydroxyl groups is 1. The highest BCUT2D eigenvalue weighted by Gasteiger charge is 2.55. The van der Waals surface area contributed by atoms with Crippen LogP contribution in [0.3, 0.4) is 0 Å². The van der Waals surface area contributed by atoms with Gasteiger partial charge < -0.3 is 14.7 Å². The van der Waals surface area contributed by atoms with Gasteiger partial charge in [0.1, 0.15) is 11.4 Å². The van der Waals surface area contributed by atoms with Gasteiger partial charge in [-0.25, -0.2) is 4.79 Å². The van der Waals surface area contributed by atoms with Crippen LogP contribution < -0.4 is 0 Å². The van der Waals surface area contributed by atoms with Gasteiger partial charge in [0.25, 0.3) is 0 Å². The summed E-state index contributed by atoms with van der Waals surface area (Å²) in [5.41, 5.74) is 2.32. The maximum absolute atomic E-state index is 12.8. The minimum absolute atomic E-state index is 0.133. The van der Waals surface area contributed by atoms with Gasteiger partial charge in [-0.15, -0.1) is 0 Å². The van der Waals surface area contributed by atoms with Crippen molar-refractivity contribution in [3.63, 3.8) is 0 Å². The number of rotatable bonds is 0. The van der Waals surface area contributed by atoms with E-state index in [1.165, 1.54) is 36.8 Å². The van der Waals surface area contributed by atoms with Crippen molar-refractivity contribution >= 4 is 6.09 Å². The van der Waals surface area contributed by atoms with Crippen molar-refractivity contribution in [2.75, 3.05) is 6.54 Å². The Labute approximate surface area is 150 Å². The van der Waals surface area contributed by atoms with Crippen LogP contribution in [0.25, 0.3) is 0 Å². The number of carbonyl (C=O) groups excluding carboxylic acids is 1. The minimum Gasteiger partial charge on any atom is -0.508 e. The first kappa shape index (κ1) is 16.7. The molecule has 1 amide bonds. The Hall–Kier alpha value is -1.71. The molecular weight excluding hydrogens is 314 g/mol. The van der Waals surface area contributed by atoms with Gasteiger partial charge in [-0.2, -0.15) is 0 Å². The molecule has 1 saturated carbocycles. The molecule has 2 aliphatic carbocycles. The van der Waals surface area contributed by atoms with E-state index in [1.807, 2.05) is 31.7 Å². The molecule has 3 atom stereocenters. The zero-order valence-corrected chi connectivity index (χ0v) is 15.5. The van der Waals surface area contributed by atoms with Crippen molar-refractivity contribution in [3.8, 4) is 5.75 Å². The van der Waals surface area contributed by atoms with Gasteiger partial charge in [-0.1, -0.05) is 18.9 Å². The Morgan fingerprint density at radius 3 is 2.84 bits per heavy atom. The summed E-state index contributed by atoms with van der Waals surface area (Å²) in [7, 11) is 0. The SMILES string of the molecule is CC(C)(C)OC(=O)N1CC[C@@]23CCCC[C@@H]2[C@@H]1Cc1ccc(O)cc13. The number of hydrogen-bond acceptors (Lipinski definition) is 3. The lowest BCUT2D eigenvalue weighted by atomic mass is 9.52. The van der Waals surface area contributed by atoms with E-state index in [2.05, 4.69) is 6.07 Å². The lowest BCUT2D eigenvalue weighted by Crippen LogP contribution is -2.62. The van der Waals surface area contributed by atoms with Gasteiger partial charge in [-0.05, 0) is 75.6 Å². The molecule has 25 heavy (non-hydrogen) atoms. The fraction of sp³-hybridized carbons (Fsp3) is 0.667. The first-order valence-corrected chi connectivity index (χ1v) is 9.62. The molecule has 2 fully saturated rings. The van der Waals surface area contributed by atoms with Crippen molar-refractivity contribution in [2.45, 2.75) is 76.4 Å². The first-order chi connectivity index (χ1) is 11.8. The molecule has 2 bridgehead atoms. The van der Waals surface area contributed by atoms with E-state index in [0.29, 0.717) is 11.7 Å². The van der Waals surface area contributed by atoms with E-state index >= 15 is 0 Å². The molecule has 0 spiro atoms. The van der Waals surface area contributed by atoms with Crippen LogP contribution in [0.2, 0.25) is 0 Å². The molecule has 4 heteroatoms. The molecule has 1 aromatic carbocycles. The number of phenolic OH excluding ortho intramolecular Hbond substituents is 1. The lowest BCUT2D eigenvalue weighted by molar-refractivity contribution is -0.0349. The number of amides is 1. The van der Waals surface area contributed by atoms with Gasteiger partial charge in [-0.3, -0.25) is 0 Å². The molecule has 1 aliphatic heterocycles. The second-order valence-electron chi connectivity index (χ2n) is 9.05. The van der Waals surface area contributed by atoms with Crippen LogP contribution in [-0.2, 0) is 16.6 Å². The molecule has 0 unspecified atom stereocenters. The number of ether oxygens (including phenoxy) is 1. The van der Waals surface area contributed by atoms with Crippen molar-refractivity contribution in [3.05, 3.63) is 29.3 Å². The first-order valence-electron chi connectivity index (χ1n) is 9.62. The Morgan fingerprint density at radius 2 is 2.08 bits per heavy atom. The molecule has 4 rings (SSSR count). The average Bonchev–Trinajstić information content (AvgIpc) is 2.54. The summed E-state index contributed by atoms with van der Waals surface area (Å²) in [6, 6.07) is 6.06. The van der Waals surface area contributed by atoms with Crippen LogP contribution in [0.4, 0.5) is 4.79 Å². The fourth-order valence-electron chi connectivity index (χ4n) is 5.54. The largest absolute Gasteiger partial charge is 0.508 e. The zero-order chi connectivity index (χ0) is 17.8. The number of piperidine rings is 1. The standard InChI is InChI=1S/C21H29NO3/c1-20(2,3)25-19(24)22-11-10-21-9-5-4-6-16(21)18(22)12-14-7-8-15(23)13-17(14)21/h7-8,13,16,18,23H,4-6,9-12H2,1-3H3/t16-,18+,21+/m1/s1. The smallest absolute Gasteiger partial charge is 0.410 e. The van der Waals surface area contributed by atoms with Crippen LogP contribution in [0.15, 0.2) is 18.2 Å². The number of likely N-dealkylation sites (tertiary alicyclic amines) is 1. The quantitative estimate of drug-likeness (QED) is 0.760. The van der Waals surface area contributed by atoms with Crippen molar-refractivity contribution < 1.29 is 14.6 Å². The number of hydrogen-bond donors (Lipinski definition) is 1. The predicted octanol–water partition coefficient (Wildman–Crippen LogP) is 4.39. The van der Waals surface area contributed by atoms with Crippen molar-refractivity contribution in [2.24, 2.45) is 5.92 Å². The third-order valence-corrected chi connectivity index (χ3v) is 6.45. The van der Waals surface area contributed by atoms with Crippen molar-refractivity contribution in [1.29, 1.82) is 0 Å². The summed E-state index contributed by atoms with van der Waals surface area (Å²) in [5, 5.41) is 10.1. The van der Waals surface area contributed by atoms with E-state index in [1.54, 1.807) is 6.07 Å². The predicted molar refractivity (Wildman–Crippen MR) is 96.8 cm³/mol. The van der Waals surface area contributed by atoms with E-state index in [9.17, 15) is 9.90 Å². The van der Waals surface area contributed by atoms with Crippen LogP contribution in [0.1, 0.15) is 64.0 Å². The summed E-state index contributed by atoms with van der Waals surface area (Å²) in [6.45, 7) is 6.54. The summed E-state index contributed by atoms with van der Waals surface area (Å²) in [5.74, 6) is 0.849. The number of nitrogens with zero attached hydrogens (tertiary/aromatic N) is 1. The molecule has 3 aliphatic rings. The zero-order valence-electron chi connectivity index (χ0n) is 15.5. The average molecular weight is 343 g/mol. The third-order valence-electron chi connectivity index (χ3n) is 6.45. The maximum atomic E-state index is 12.8. The van der Waals surface area contributed by atoms with Gasteiger partial charge in [0.2, 0.25) is 0 Å². The molecule has 0 aromatic heterocycles. The highest BCUT2D eigenvalue weighted by atomic mass is 16.6. The Kier molecular flexibility index (Phi) is 3.78. The lowest BCUT2D eigenvalue weighted by Gasteiger charge is -2.58. The molecule has 1 N–H and O–H groups in total. The van der Waals surface area contributed by atoms with E-state index in [0.717, 1.165) is 19.4 Å². The molecule has 0 radical (unpaired) electrons. The van der Waals surface area contributed by atoms with E-state index < -0.39 is 5.60 Å². The molecule has 136 valence electrons. The minimum atomic E-state index is -0.462.